The van der Waals surface area contributed by atoms with Gasteiger partial charge in [0.05, 0.1) is 0 Å². The highest BCUT2D eigenvalue weighted by molar-refractivity contribution is 5.94. The average molecular weight is 247 g/mol. The Kier molecular flexibility index (Phi) is 4.70. The third kappa shape index (κ3) is 3.53. The van der Waals surface area contributed by atoms with Gasteiger partial charge in [0.25, 0.3) is 5.91 Å². The molecule has 1 saturated carbocycles. The fourth-order valence-electron chi connectivity index (χ4n) is 2.46. The van der Waals surface area contributed by atoms with Crippen LogP contribution in [0.5, 0.6) is 0 Å². The van der Waals surface area contributed by atoms with E-state index in [1.54, 1.807) is 12.3 Å². The van der Waals surface area contributed by atoms with Gasteiger partial charge in [-0.2, -0.15) is 0 Å². The van der Waals surface area contributed by atoms with Crippen molar-refractivity contribution in [3.63, 3.8) is 0 Å². The largest absolute Gasteiger partial charge is 0.352 e. The van der Waals surface area contributed by atoms with Gasteiger partial charge in [-0.15, -0.1) is 0 Å². The van der Waals surface area contributed by atoms with E-state index in [9.17, 15) is 4.79 Å². The first-order valence-electron chi connectivity index (χ1n) is 6.73. The van der Waals surface area contributed by atoms with Crippen molar-refractivity contribution in [1.82, 2.24) is 10.3 Å². The predicted molar refractivity (Wildman–Crippen MR) is 71.3 cm³/mol. The highest BCUT2D eigenvalue weighted by Crippen LogP contribution is 2.23. The molecule has 1 fully saturated rings. The quantitative estimate of drug-likeness (QED) is 0.828. The summed E-state index contributed by atoms with van der Waals surface area (Å²) in [7, 11) is 0. The van der Waals surface area contributed by atoms with Crippen molar-refractivity contribution in [3.05, 3.63) is 29.6 Å². The van der Waals surface area contributed by atoms with Crippen LogP contribution >= 0.6 is 0 Å². The SMILES string of the molecule is NCCc1cc(C(=O)NCC2CCCC2)ccn1. The van der Waals surface area contributed by atoms with E-state index >= 15 is 0 Å². The van der Waals surface area contributed by atoms with Gasteiger partial charge < -0.3 is 11.1 Å². The predicted octanol–water partition coefficient (Wildman–Crippen LogP) is 1.50. The molecule has 4 nitrogen and oxygen atoms in total. The van der Waals surface area contributed by atoms with Crippen LogP contribution in [0.3, 0.4) is 0 Å². The number of hydrogen-bond donors (Lipinski definition) is 2. The average Bonchev–Trinajstić information content (AvgIpc) is 2.90. The van der Waals surface area contributed by atoms with Gasteiger partial charge in [0, 0.05) is 30.4 Å². The zero-order valence-electron chi connectivity index (χ0n) is 10.7. The summed E-state index contributed by atoms with van der Waals surface area (Å²) in [6, 6.07) is 3.58. The topological polar surface area (TPSA) is 68.0 Å². The Morgan fingerprint density at radius 1 is 1.44 bits per heavy atom. The zero-order chi connectivity index (χ0) is 12.8. The molecule has 1 aromatic rings. The molecule has 0 aromatic carbocycles. The van der Waals surface area contributed by atoms with Crippen LogP contribution in [0.4, 0.5) is 0 Å². The maximum Gasteiger partial charge on any atom is 0.251 e. The van der Waals surface area contributed by atoms with Crippen molar-refractivity contribution < 1.29 is 4.79 Å². The maximum absolute atomic E-state index is 12.0. The number of carbonyl (C=O) groups is 1. The first-order valence-corrected chi connectivity index (χ1v) is 6.73. The van der Waals surface area contributed by atoms with Crippen molar-refractivity contribution in [2.45, 2.75) is 32.1 Å². The molecule has 18 heavy (non-hydrogen) atoms. The van der Waals surface area contributed by atoms with E-state index < -0.39 is 0 Å². The lowest BCUT2D eigenvalue weighted by Gasteiger charge is -2.10. The summed E-state index contributed by atoms with van der Waals surface area (Å²) in [5, 5.41) is 3.01. The first kappa shape index (κ1) is 13.0. The third-order valence-electron chi connectivity index (χ3n) is 3.51. The summed E-state index contributed by atoms with van der Waals surface area (Å²) in [5.41, 5.74) is 7.05. The van der Waals surface area contributed by atoms with E-state index in [1.165, 1.54) is 25.7 Å². The van der Waals surface area contributed by atoms with Crippen molar-refractivity contribution in [3.8, 4) is 0 Å². The highest BCUT2D eigenvalue weighted by atomic mass is 16.1. The summed E-state index contributed by atoms with van der Waals surface area (Å²) < 4.78 is 0. The fourth-order valence-corrected chi connectivity index (χ4v) is 2.46. The molecule has 1 aliphatic carbocycles. The van der Waals surface area contributed by atoms with E-state index in [2.05, 4.69) is 10.3 Å². The van der Waals surface area contributed by atoms with Gasteiger partial charge in [-0.3, -0.25) is 9.78 Å². The van der Waals surface area contributed by atoms with Crippen molar-refractivity contribution in [2.24, 2.45) is 11.7 Å². The second kappa shape index (κ2) is 6.50. The lowest BCUT2D eigenvalue weighted by atomic mass is 10.1. The molecule has 0 radical (unpaired) electrons. The minimum atomic E-state index is 0.00238. The molecule has 0 bridgehead atoms. The number of rotatable bonds is 5. The van der Waals surface area contributed by atoms with Crippen molar-refractivity contribution >= 4 is 5.91 Å². The molecule has 98 valence electrons. The molecule has 1 amide bonds. The van der Waals surface area contributed by atoms with Gasteiger partial charge in [0.15, 0.2) is 0 Å². The van der Waals surface area contributed by atoms with Crippen molar-refractivity contribution in [1.29, 1.82) is 0 Å². The lowest BCUT2D eigenvalue weighted by molar-refractivity contribution is 0.0947. The van der Waals surface area contributed by atoms with E-state index in [4.69, 9.17) is 5.73 Å². The van der Waals surface area contributed by atoms with Gasteiger partial charge in [-0.1, -0.05) is 12.8 Å². The van der Waals surface area contributed by atoms with Crippen LogP contribution in [0.2, 0.25) is 0 Å². The van der Waals surface area contributed by atoms with E-state index in [1.807, 2.05) is 6.07 Å². The summed E-state index contributed by atoms with van der Waals surface area (Å²) in [6.45, 7) is 1.35. The van der Waals surface area contributed by atoms with Crippen molar-refractivity contribution in [2.75, 3.05) is 13.1 Å². The van der Waals surface area contributed by atoms with E-state index in [0.717, 1.165) is 12.2 Å². The smallest absolute Gasteiger partial charge is 0.251 e. The fraction of sp³-hybridized carbons (Fsp3) is 0.571. The number of nitrogens with zero attached hydrogens (tertiary/aromatic N) is 1. The molecule has 1 aliphatic rings. The second-order valence-corrected chi connectivity index (χ2v) is 4.94. The van der Waals surface area contributed by atoms with Crippen LogP contribution in [-0.2, 0) is 6.42 Å². The van der Waals surface area contributed by atoms with Crippen LogP contribution in [0, 0.1) is 5.92 Å². The highest BCUT2D eigenvalue weighted by Gasteiger charge is 2.16. The van der Waals surface area contributed by atoms with Crippen LogP contribution in [-0.4, -0.2) is 24.0 Å². The van der Waals surface area contributed by atoms with Gasteiger partial charge >= 0.3 is 0 Å². The molecule has 0 spiro atoms. The minimum Gasteiger partial charge on any atom is -0.352 e. The number of amides is 1. The van der Waals surface area contributed by atoms with E-state index in [-0.39, 0.29) is 5.91 Å². The number of pyridine rings is 1. The summed E-state index contributed by atoms with van der Waals surface area (Å²) >= 11 is 0. The molecule has 2 rings (SSSR count). The Labute approximate surface area is 108 Å². The molecule has 0 unspecified atom stereocenters. The number of carbonyl (C=O) groups excluding carboxylic acids is 1. The zero-order valence-corrected chi connectivity index (χ0v) is 10.7. The molecule has 0 saturated heterocycles. The molecular weight excluding hydrogens is 226 g/mol. The molecule has 3 N–H and O–H groups in total. The summed E-state index contributed by atoms with van der Waals surface area (Å²) in [4.78, 5) is 16.2. The van der Waals surface area contributed by atoms with Crippen LogP contribution in [0.1, 0.15) is 41.7 Å². The Balaban J connectivity index is 1.89. The van der Waals surface area contributed by atoms with Gasteiger partial charge in [0.1, 0.15) is 0 Å². The van der Waals surface area contributed by atoms with Gasteiger partial charge in [-0.25, -0.2) is 0 Å². The first-order chi connectivity index (χ1) is 8.79. The number of hydrogen-bond acceptors (Lipinski definition) is 3. The Hall–Kier alpha value is -1.42. The maximum atomic E-state index is 12.0. The van der Waals surface area contributed by atoms with Gasteiger partial charge in [-0.05, 0) is 37.4 Å². The normalized spacial score (nSPS) is 15.8. The monoisotopic (exact) mass is 247 g/mol. The summed E-state index contributed by atoms with van der Waals surface area (Å²) in [6.07, 6.45) is 7.48. The Bertz CT molecular complexity index is 400. The van der Waals surface area contributed by atoms with Crippen LogP contribution in [0.25, 0.3) is 0 Å². The minimum absolute atomic E-state index is 0.00238. The Morgan fingerprint density at radius 3 is 2.94 bits per heavy atom. The van der Waals surface area contributed by atoms with Crippen LogP contribution in [0.15, 0.2) is 18.3 Å². The van der Waals surface area contributed by atoms with E-state index in [0.29, 0.717) is 24.4 Å². The molecule has 4 heteroatoms. The number of nitrogens with two attached hydrogens (primary N) is 1. The molecule has 1 heterocycles. The number of nitrogens with one attached hydrogen (secondary N) is 1. The molecule has 0 atom stereocenters. The number of aromatic nitrogens is 1. The Morgan fingerprint density at radius 2 is 2.22 bits per heavy atom. The second-order valence-electron chi connectivity index (χ2n) is 4.94. The standard InChI is InChI=1S/C14H21N3O/c15-7-5-13-9-12(6-8-16-13)14(18)17-10-11-3-1-2-4-11/h6,8-9,11H,1-5,7,10,15H2,(H,17,18). The molecular formula is C14H21N3O. The van der Waals surface area contributed by atoms with Crippen LogP contribution < -0.4 is 11.1 Å². The molecule has 0 aliphatic heterocycles. The lowest BCUT2D eigenvalue weighted by Crippen LogP contribution is -2.28. The summed E-state index contributed by atoms with van der Waals surface area (Å²) in [5.74, 6) is 0.668. The molecule has 1 aromatic heterocycles. The third-order valence-corrected chi connectivity index (χ3v) is 3.51. The van der Waals surface area contributed by atoms with Gasteiger partial charge in [0.2, 0.25) is 0 Å².